The van der Waals surface area contributed by atoms with E-state index in [0.29, 0.717) is 6.04 Å². The third-order valence-corrected chi connectivity index (χ3v) is 4.55. The van der Waals surface area contributed by atoms with Gasteiger partial charge in [-0.2, -0.15) is 0 Å². The van der Waals surface area contributed by atoms with Crippen molar-refractivity contribution in [2.45, 2.75) is 50.0 Å². The van der Waals surface area contributed by atoms with Crippen molar-refractivity contribution in [2.75, 3.05) is 11.6 Å². The van der Waals surface area contributed by atoms with Crippen LogP contribution in [-0.2, 0) is 0 Å². The van der Waals surface area contributed by atoms with Crippen molar-refractivity contribution in [3.63, 3.8) is 0 Å². The van der Waals surface area contributed by atoms with Crippen molar-refractivity contribution in [1.82, 2.24) is 0 Å². The highest BCUT2D eigenvalue weighted by atomic mass is 32.2. The molecule has 1 N–H and O–H groups in total. The first-order valence-corrected chi connectivity index (χ1v) is 7.92. The van der Waals surface area contributed by atoms with Crippen molar-refractivity contribution in [1.29, 1.82) is 0 Å². The molecule has 0 radical (unpaired) electrons. The minimum Gasteiger partial charge on any atom is -0.382 e. The van der Waals surface area contributed by atoms with Crippen LogP contribution in [0.25, 0.3) is 0 Å². The largest absolute Gasteiger partial charge is 0.382 e. The third kappa shape index (κ3) is 3.67. The standard InChI is InChI=1S/C15H23NS/c1-12(13-7-4-3-5-8-13)16-14-9-6-10-15(11-14)17-2/h6,9-13,16H,3-5,7-8H2,1-2H3. The maximum Gasteiger partial charge on any atom is 0.0353 e. The smallest absolute Gasteiger partial charge is 0.0353 e. The van der Waals surface area contributed by atoms with E-state index in [0.717, 1.165) is 5.92 Å². The van der Waals surface area contributed by atoms with Gasteiger partial charge in [-0.05, 0) is 50.1 Å². The van der Waals surface area contributed by atoms with Crippen molar-refractivity contribution in [3.8, 4) is 0 Å². The summed E-state index contributed by atoms with van der Waals surface area (Å²) in [6.07, 6.45) is 9.20. The number of thioether (sulfide) groups is 1. The van der Waals surface area contributed by atoms with Gasteiger partial charge in [0.25, 0.3) is 0 Å². The van der Waals surface area contributed by atoms with Gasteiger partial charge in [-0.1, -0.05) is 25.3 Å². The first-order valence-electron chi connectivity index (χ1n) is 6.70. The predicted octanol–water partition coefficient (Wildman–Crippen LogP) is 4.79. The molecule has 1 aliphatic rings. The molecule has 1 nitrogen and oxygen atoms in total. The molecule has 17 heavy (non-hydrogen) atoms. The molecule has 0 heterocycles. The number of benzene rings is 1. The van der Waals surface area contributed by atoms with Crippen molar-refractivity contribution in [3.05, 3.63) is 24.3 Å². The summed E-state index contributed by atoms with van der Waals surface area (Å²) in [7, 11) is 0. The maximum atomic E-state index is 3.67. The normalized spacial score (nSPS) is 18.9. The first-order chi connectivity index (χ1) is 8.29. The zero-order valence-electron chi connectivity index (χ0n) is 10.9. The van der Waals surface area contributed by atoms with Crippen LogP contribution in [0.15, 0.2) is 29.2 Å². The quantitative estimate of drug-likeness (QED) is 0.770. The average molecular weight is 249 g/mol. The number of nitrogens with one attached hydrogen (secondary N) is 1. The molecule has 0 amide bonds. The topological polar surface area (TPSA) is 12.0 Å². The summed E-state index contributed by atoms with van der Waals surface area (Å²) in [5, 5.41) is 3.67. The van der Waals surface area contributed by atoms with Gasteiger partial charge in [0.05, 0.1) is 0 Å². The van der Waals surface area contributed by atoms with Gasteiger partial charge in [0, 0.05) is 16.6 Å². The Kier molecular flexibility index (Phi) is 4.78. The number of rotatable bonds is 4. The summed E-state index contributed by atoms with van der Waals surface area (Å²) in [6, 6.07) is 9.35. The van der Waals surface area contributed by atoms with Gasteiger partial charge >= 0.3 is 0 Å². The Morgan fingerprint density at radius 2 is 2.00 bits per heavy atom. The number of hydrogen-bond acceptors (Lipinski definition) is 2. The minimum atomic E-state index is 0.604. The molecular formula is C15H23NS. The van der Waals surface area contributed by atoms with E-state index in [1.54, 1.807) is 11.8 Å². The molecule has 0 spiro atoms. The Hall–Kier alpha value is -0.630. The lowest BCUT2D eigenvalue weighted by molar-refractivity contribution is 0.328. The SMILES string of the molecule is CSc1cccc(NC(C)C2CCCCC2)c1. The van der Waals surface area contributed by atoms with E-state index in [9.17, 15) is 0 Å². The van der Waals surface area contributed by atoms with Crippen LogP contribution < -0.4 is 5.32 Å². The van der Waals surface area contributed by atoms with Gasteiger partial charge in [-0.3, -0.25) is 0 Å². The molecule has 0 saturated heterocycles. The van der Waals surface area contributed by atoms with Crippen molar-refractivity contribution in [2.24, 2.45) is 5.92 Å². The lowest BCUT2D eigenvalue weighted by Gasteiger charge is -2.29. The van der Waals surface area contributed by atoms with Crippen LogP contribution in [0.3, 0.4) is 0 Å². The van der Waals surface area contributed by atoms with Crippen molar-refractivity contribution >= 4 is 17.4 Å². The van der Waals surface area contributed by atoms with E-state index in [2.05, 4.69) is 42.8 Å². The fourth-order valence-corrected chi connectivity index (χ4v) is 3.19. The summed E-state index contributed by atoms with van der Waals surface area (Å²) in [5.74, 6) is 0.863. The van der Waals surface area contributed by atoms with Gasteiger partial charge in [0.2, 0.25) is 0 Å². The molecule has 1 aromatic carbocycles. The molecule has 1 aliphatic carbocycles. The molecular weight excluding hydrogens is 226 g/mol. The summed E-state index contributed by atoms with van der Waals surface area (Å²) < 4.78 is 0. The Morgan fingerprint density at radius 1 is 1.24 bits per heavy atom. The summed E-state index contributed by atoms with van der Waals surface area (Å²) in [6.45, 7) is 2.34. The third-order valence-electron chi connectivity index (χ3n) is 3.82. The lowest BCUT2D eigenvalue weighted by Crippen LogP contribution is -2.27. The molecule has 2 heteroatoms. The molecule has 0 aromatic heterocycles. The number of hydrogen-bond donors (Lipinski definition) is 1. The summed E-state index contributed by atoms with van der Waals surface area (Å²) in [5.41, 5.74) is 1.27. The van der Waals surface area contributed by atoms with E-state index in [4.69, 9.17) is 0 Å². The first kappa shape index (κ1) is 12.8. The second-order valence-corrected chi connectivity index (χ2v) is 5.94. The lowest BCUT2D eigenvalue weighted by atomic mass is 9.84. The van der Waals surface area contributed by atoms with Crippen LogP contribution in [0.5, 0.6) is 0 Å². The van der Waals surface area contributed by atoms with E-state index in [1.165, 1.54) is 42.7 Å². The predicted molar refractivity (Wildman–Crippen MR) is 77.9 cm³/mol. The van der Waals surface area contributed by atoms with Crippen LogP contribution in [0.4, 0.5) is 5.69 Å². The highest BCUT2D eigenvalue weighted by Crippen LogP contribution is 2.28. The van der Waals surface area contributed by atoms with Crippen molar-refractivity contribution < 1.29 is 0 Å². The number of anilines is 1. The van der Waals surface area contributed by atoms with Crippen LogP contribution in [0, 0.1) is 5.92 Å². The highest BCUT2D eigenvalue weighted by molar-refractivity contribution is 7.98. The molecule has 1 unspecified atom stereocenters. The zero-order valence-corrected chi connectivity index (χ0v) is 11.7. The maximum absolute atomic E-state index is 3.67. The molecule has 2 rings (SSSR count). The molecule has 1 fully saturated rings. The monoisotopic (exact) mass is 249 g/mol. The van der Waals surface area contributed by atoms with E-state index in [-0.39, 0.29) is 0 Å². The second-order valence-electron chi connectivity index (χ2n) is 5.06. The minimum absolute atomic E-state index is 0.604. The summed E-state index contributed by atoms with van der Waals surface area (Å²) in [4.78, 5) is 1.34. The molecule has 1 saturated carbocycles. The Bertz CT molecular complexity index is 345. The Morgan fingerprint density at radius 3 is 2.71 bits per heavy atom. The molecule has 0 aliphatic heterocycles. The Balaban J connectivity index is 1.94. The fraction of sp³-hybridized carbons (Fsp3) is 0.600. The fourth-order valence-electron chi connectivity index (χ4n) is 2.73. The van der Waals surface area contributed by atoms with Gasteiger partial charge in [-0.25, -0.2) is 0 Å². The highest BCUT2D eigenvalue weighted by Gasteiger charge is 2.19. The van der Waals surface area contributed by atoms with Gasteiger partial charge in [-0.15, -0.1) is 11.8 Å². The van der Waals surface area contributed by atoms with Gasteiger partial charge < -0.3 is 5.32 Å². The zero-order chi connectivity index (χ0) is 12.1. The van der Waals surface area contributed by atoms with E-state index in [1.807, 2.05) is 0 Å². The molecule has 1 aromatic rings. The van der Waals surface area contributed by atoms with Crippen LogP contribution in [0.1, 0.15) is 39.0 Å². The van der Waals surface area contributed by atoms with Crippen LogP contribution in [0.2, 0.25) is 0 Å². The molecule has 94 valence electrons. The van der Waals surface area contributed by atoms with E-state index < -0.39 is 0 Å². The second kappa shape index (κ2) is 6.34. The van der Waals surface area contributed by atoms with Gasteiger partial charge in [0.15, 0.2) is 0 Å². The van der Waals surface area contributed by atoms with E-state index >= 15 is 0 Å². The van der Waals surface area contributed by atoms with Crippen LogP contribution >= 0.6 is 11.8 Å². The molecule has 1 atom stereocenters. The summed E-state index contributed by atoms with van der Waals surface area (Å²) >= 11 is 1.81. The average Bonchev–Trinajstić information content (AvgIpc) is 2.40. The Labute approximate surface area is 109 Å². The molecule has 0 bridgehead atoms. The van der Waals surface area contributed by atoms with Gasteiger partial charge in [0.1, 0.15) is 0 Å². The van der Waals surface area contributed by atoms with Crippen LogP contribution in [-0.4, -0.2) is 12.3 Å².